The van der Waals surface area contributed by atoms with E-state index in [1.165, 1.54) is 25.0 Å². The molecule has 0 aromatic heterocycles. The number of benzene rings is 2. The summed E-state index contributed by atoms with van der Waals surface area (Å²) < 4.78 is 28.4. The largest absolute Gasteiger partial charge is 0.360 e. The van der Waals surface area contributed by atoms with Crippen LogP contribution >= 0.6 is 11.6 Å². The second kappa shape index (κ2) is 10.3. The van der Waals surface area contributed by atoms with Gasteiger partial charge in [-0.15, -0.1) is 0 Å². The van der Waals surface area contributed by atoms with E-state index in [0.717, 1.165) is 56.9 Å². The third-order valence-corrected chi connectivity index (χ3v) is 8.27. The molecule has 2 aliphatic carbocycles. The molecule has 0 radical (unpaired) electrons. The highest BCUT2D eigenvalue weighted by molar-refractivity contribution is 6.30. The average Bonchev–Trinajstić information content (AvgIpc) is 3.17. The molecule has 1 atom stereocenters. The lowest BCUT2D eigenvalue weighted by atomic mass is 9.71. The maximum Gasteiger partial charge on any atom is 0.227 e. The number of halogens is 3. The topological polar surface area (TPSA) is 53.2 Å². The number of carbonyl (C=O) groups excluding carboxylic acids is 1. The lowest BCUT2D eigenvalue weighted by Crippen LogP contribution is -2.60. The van der Waals surface area contributed by atoms with Gasteiger partial charge in [-0.3, -0.25) is 4.79 Å². The van der Waals surface area contributed by atoms with Gasteiger partial charge < -0.3 is 16.0 Å². The molecule has 2 aromatic rings. The number of rotatable bonds is 6. The number of carbonyl (C=O) groups is 1. The molecule has 2 fully saturated rings. The second-order valence-corrected chi connectivity index (χ2v) is 11.0. The normalized spacial score (nSPS) is 21.0. The van der Waals surface area contributed by atoms with E-state index in [4.69, 9.17) is 11.6 Å². The predicted molar refractivity (Wildman–Crippen MR) is 137 cm³/mol. The molecular formula is C28H34ClF2N3O. The summed E-state index contributed by atoms with van der Waals surface area (Å²) in [5.41, 5.74) is 1.00. The van der Waals surface area contributed by atoms with Gasteiger partial charge >= 0.3 is 0 Å². The molecule has 3 aliphatic rings. The first-order valence-corrected chi connectivity index (χ1v) is 13.4. The van der Waals surface area contributed by atoms with Crippen LogP contribution in [-0.4, -0.2) is 17.6 Å². The van der Waals surface area contributed by atoms with Crippen LogP contribution in [0.2, 0.25) is 5.02 Å². The van der Waals surface area contributed by atoms with Gasteiger partial charge in [0.25, 0.3) is 0 Å². The zero-order valence-corrected chi connectivity index (χ0v) is 20.8. The van der Waals surface area contributed by atoms with E-state index in [9.17, 15) is 13.6 Å². The second-order valence-electron chi connectivity index (χ2n) is 10.6. The zero-order chi connectivity index (χ0) is 24.4. The van der Waals surface area contributed by atoms with E-state index in [0.29, 0.717) is 22.8 Å². The Kier molecular flexibility index (Phi) is 7.19. The minimum atomic E-state index is -0.923. The van der Waals surface area contributed by atoms with Crippen molar-refractivity contribution in [2.75, 3.05) is 10.6 Å². The van der Waals surface area contributed by atoms with Crippen LogP contribution in [0.25, 0.3) is 0 Å². The average molecular weight is 502 g/mol. The smallest absolute Gasteiger partial charge is 0.227 e. The first-order valence-electron chi connectivity index (χ1n) is 13.0. The highest BCUT2D eigenvalue weighted by atomic mass is 35.5. The van der Waals surface area contributed by atoms with Gasteiger partial charge in [0.05, 0.1) is 17.3 Å². The van der Waals surface area contributed by atoms with Crippen molar-refractivity contribution < 1.29 is 13.6 Å². The highest BCUT2D eigenvalue weighted by Crippen LogP contribution is 2.46. The minimum Gasteiger partial charge on any atom is -0.360 e. The Bertz CT molecular complexity index is 1040. The molecular weight excluding hydrogens is 468 g/mol. The van der Waals surface area contributed by atoms with Crippen molar-refractivity contribution in [3.63, 3.8) is 0 Å². The first-order chi connectivity index (χ1) is 16.9. The van der Waals surface area contributed by atoms with Crippen molar-refractivity contribution in [1.82, 2.24) is 5.32 Å². The highest BCUT2D eigenvalue weighted by Gasteiger charge is 2.51. The third kappa shape index (κ3) is 5.28. The quantitative estimate of drug-likeness (QED) is 0.398. The van der Waals surface area contributed by atoms with Crippen LogP contribution in [0.3, 0.4) is 0 Å². The number of hydrogen-bond acceptors (Lipinski definition) is 3. The van der Waals surface area contributed by atoms with Crippen molar-refractivity contribution in [3.05, 3.63) is 58.6 Å². The van der Waals surface area contributed by atoms with Crippen molar-refractivity contribution >= 4 is 28.9 Å². The maximum absolute atomic E-state index is 14.2. The van der Waals surface area contributed by atoms with Gasteiger partial charge in [-0.1, -0.05) is 62.3 Å². The molecule has 2 aromatic carbocycles. The van der Waals surface area contributed by atoms with E-state index in [1.807, 2.05) is 24.3 Å². The third-order valence-electron chi connectivity index (χ3n) is 8.03. The Morgan fingerprint density at radius 1 is 0.943 bits per heavy atom. The molecule has 0 saturated heterocycles. The molecule has 4 nitrogen and oxygen atoms in total. The van der Waals surface area contributed by atoms with Crippen LogP contribution < -0.4 is 16.0 Å². The first kappa shape index (κ1) is 24.4. The summed E-state index contributed by atoms with van der Waals surface area (Å²) in [7, 11) is 0. The summed E-state index contributed by atoms with van der Waals surface area (Å²) in [5, 5.41) is 10.9. The maximum atomic E-state index is 14.2. The molecule has 3 N–H and O–H groups in total. The van der Waals surface area contributed by atoms with Gasteiger partial charge in [-0.05, 0) is 49.3 Å². The van der Waals surface area contributed by atoms with Crippen LogP contribution in [0.1, 0.15) is 69.8 Å². The minimum absolute atomic E-state index is 0.0274. The fourth-order valence-corrected chi connectivity index (χ4v) is 6.65. The van der Waals surface area contributed by atoms with Crippen molar-refractivity contribution in [1.29, 1.82) is 0 Å². The Balaban J connectivity index is 1.54. The predicted octanol–water partition coefficient (Wildman–Crippen LogP) is 7.04. The summed E-state index contributed by atoms with van der Waals surface area (Å²) in [6, 6.07) is 10.2. The molecule has 0 spiro atoms. The lowest BCUT2D eigenvalue weighted by Gasteiger charge is -2.44. The van der Waals surface area contributed by atoms with Crippen LogP contribution in [0, 0.1) is 23.5 Å². The Morgan fingerprint density at radius 3 is 2.14 bits per heavy atom. The van der Waals surface area contributed by atoms with Crippen LogP contribution in [0.5, 0.6) is 0 Å². The van der Waals surface area contributed by atoms with Crippen LogP contribution in [0.4, 0.5) is 20.2 Å². The van der Waals surface area contributed by atoms with Crippen molar-refractivity contribution in [2.24, 2.45) is 11.8 Å². The van der Waals surface area contributed by atoms with Crippen molar-refractivity contribution in [3.8, 4) is 0 Å². The van der Waals surface area contributed by atoms with Gasteiger partial charge in [0.1, 0.15) is 5.66 Å². The Labute approximate surface area is 211 Å². The van der Waals surface area contributed by atoms with Gasteiger partial charge in [-0.25, -0.2) is 8.78 Å². The van der Waals surface area contributed by atoms with Crippen LogP contribution in [-0.2, 0) is 11.2 Å². The number of fused-ring (bicyclic) bond motifs is 1. The monoisotopic (exact) mass is 501 g/mol. The molecule has 188 valence electrons. The van der Waals surface area contributed by atoms with E-state index in [2.05, 4.69) is 16.0 Å². The molecule has 1 aliphatic heterocycles. The lowest BCUT2D eigenvalue weighted by molar-refractivity contribution is -0.130. The molecule has 1 unspecified atom stereocenters. The summed E-state index contributed by atoms with van der Waals surface area (Å²) in [5.74, 6) is -2.03. The van der Waals surface area contributed by atoms with E-state index < -0.39 is 23.2 Å². The Hall–Kier alpha value is -2.34. The number of nitrogens with one attached hydrogen (secondary N) is 3. The summed E-state index contributed by atoms with van der Waals surface area (Å²) in [4.78, 5) is 14.1. The molecule has 1 amide bonds. The number of amides is 1. The van der Waals surface area contributed by atoms with Gasteiger partial charge in [0.15, 0.2) is 11.6 Å². The molecule has 5 rings (SSSR count). The molecule has 7 heteroatoms. The van der Waals surface area contributed by atoms with E-state index in [1.54, 1.807) is 0 Å². The summed E-state index contributed by atoms with van der Waals surface area (Å²) in [6.07, 6.45) is 11.2. The zero-order valence-electron chi connectivity index (χ0n) is 20.0. The van der Waals surface area contributed by atoms with Gasteiger partial charge in [0.2, 0.25) is 5.91 Å². The van der Waals surface area contributed by atoms with Crippen LogP contribution in [0.15, 0.2) is 36.4 Å². The Morgan fingerprint density at radius 2 is 1.54 bits per heavy atom. The summed E-state index contributed by atoms with van der Waals surface area (Å²) >= 11 is 6.31. The molecule has 2 saturated carbocycles. The molecule has 35 heavy (non-hydrogen) atoms. The molecule has 0 bridgehead atoms. The fraction of sp³-hybridized carbons (Fsp3) is 0.536. The number of hydrogen-bond donors (Lipinski definition) is 3. The van der Waals surface area contributed by atoms with Gasteiger partial charge in [-0.2, -0.15) is 0 Å². The van der Waals surface area contributed by atoms with E-state index in [-0.39, 0.29) is 17.9 Å². The molecule has 1 heterocycles. The van der Waals surface area contributed by atoms with Crippen molar-refractivity contribution in [2.45, 2.75) is 82.3 Å². The van der Waals surface area contributed by atoms with E-state index >= 15 is 0 Å². The summed E-state index contributed by atoms with van der Waals surface area (Å²) in [6.45, 7) is 0. The van der Waals surface area contributed by atoms with Gasteiger partial charge in [0, 0.05) is 29.6 Å². The number of anilines is 2. The SMILES string of the molecule is O=C(NC1CCCCC1)C(C1CCCCC1)C1(Cc2cccc(Cl)c2)Nc2cc(F)c(F)cc2N1. The fourth-order valence-electron chi connectivity index (χ4n) is 6.43. The standard InChI is InChI=1S/C28H34ClF2N3O/c29-20-11-7-8-18(14-20)17-28(33-24-15-22(30)23(31)16-25(24)34-28)26(19-9-3-1-4-10-19)27(35)32-21-12-5-2-6-13-21/h7-8,11,14-16,19,21,26,33-34H,1-6,9-10,12-13,17H2,(H,32,35).